The normalized spacial score (nSPS) is 16.9. The van der Waals surface area contributed by atoms with Gasteiger partial charge in [0, 0.05) is 12.0 Å². The number of hydrogen-bond donors (Lipinski definition) is 3. The largest absolute Gasteiger partial charge is 0.504 e. The van der Waals surface area contributed by atoms with Crippen molar-refractivity contribution in [2.24, 2.45) is 5.73 Å². The van der Waals surface area contributed by atoms with E-state index in [1.54, 1.807) is 18.2 Å². The second-order valence-electron chi connectivity index (χ2n) is 5.54. The second-order valence-corrected chi connectivity index (χ2v) is 5.54. The van der Waals surface area contributed by atoms with Gasteiger partial charge in [-0.05, 0) is 29.7 Å². The first kappa shape index (κ1) is 19.0. The molecule has 0 radical (unpaired) electrons. The maximum Gasteiger partial charge on any atom is 0.404 e. The molecule has 1 aromatic carbocycles. The molecule has 1 heterocycles. The number of imide groups is 1. The lowest BCUT2D eigenvalue weighted by molar-refractivity contribution is -0.134. The quantitative estimate of drug-likeness (QED) is 0.496. The van der Waals surface area contributed by atoms with Crippen molar-refractivity contribution >= 4 is 29.9 Å². The fraction of sp³-hybridized carbons (Fsp3) is 0.294. The predicted octanol–water partition coefficient (Wildman–Crippen LogP) is 0.434. The number of carbonyl (C=O) groups excluding carboxylic acids is 4. The van der Waals surface area contributed by atoms with Gasteiger partial charge in [-0.15, -0.1) is 0 Å². The van der Waals surface area contributed by atoms with Crippen molar-refractivity contribution < 1.29 is 28.7 Å². The summed E-state index contributed by atoms with van der Waals surface area (Å²) in [6.07, 6.45) is 2.43. The van der Waals surface area contributed by atoms with Gasteiger partial charge < -0.3 is 20.5 Å². The van der Waals surface area contributed by atoms with Crippen molar-refractivity contribution in [3.63, 3.8) is 0 Å². The first-order valence-corrected chi connectivity index (χ1v) is 7.79. The van der Waals surface area contributed by atoms with Crippen LogP contribution in [0.1, 0.15) is 34.3 Å². The highest BCUT2D eigenvalue weighted by atomic mass is 16.5. The summed E-state index contributed by atoms with van der Waals surface area (Å²) < 4.78 is 9.59. The maximum absolute atomic E-state index is 12.6. The Morgan fingerprint density at radius 2 is 2.15 bits per heavy atom. The van der Waals surface area contributed by atoms with Crippen LogP contribution >= 0.6 is 0 Å². The highest BCUT2D eigenvalue weighted by Gasteiger charge is 2.28. The molecule has 1 unspecified atom stereocenters. The molecule has 9 heteroatoms. The van der Waals surface area contributed by atoms with E-state index in [1.807, 2.05) is 0 Å². The van der Waals surface area contributed by atoms with Crippen LogP contribution in [0.3, 0.4) is 0 Å². The standard InChI is InChI=1S/C17H19N3O6/c1-25-7-6-11-3-2-10(9-26-17(18)24)8-12(11)15(22)19-13-4-5-14(21)20-16(13)23/h2-3,6-8,13H,4-5,9H2,1H3,(H2,18,24)(H,19,22)(H,20,21,23). The lowest BCUT2D eigenvalue weighted by atomic mass is 10.0. The first-order valence-electron chi connectivity index (χ1n) is 7.79. The number of ether oxygens (including phenoxy) is 2. The molecule has 1 atom stereocenters. The molecule has 0 aliphatic carbocycles. The molecular weight excluding hydrogens is 342 g/mol. The number of carbonyl (C=O) groups is 4. The number of amides is 4. The number of methoxy groups -OCH3 is 1. The predicted molar refractivity (Wildman–Crippen MR) is 90.5 cm³/mol. The van der Waals surface area contributed by atoms with Crippen molar-refractivity contribution in [2.45, 2.75) is 25.5 Å². The topological polar surface area (TPSA) is 137 Å². The van der Waals surface area contributed by atoms with Gasteiger partial charge in [0.1, 0.15) is 12.6 Å². The van der Waals surface area contributed by atoms with Gasteiger partial charge in [-0.25, -0.2) is 4.79 Å². The number of rotatable bonds is 6. The Morgan fingerprint density at radius 3 is 2.81 bits per heavy atom. The van der Waals surface area contributed by atoms with Crippen molar-refractivity contribution in [3.05, 3.63) is 41.2 Å². The Balaban J connectivity index is 2.22. The molecule has 1 aromatic rings. The molecule has 4 N–H and O–H groups in total. The second kappa shape index (κ2) is 8.65. The molecule has 0 bridgehead atoms. The fourth-order valence-corrected chi connectivity index (χ4v) is 2.40. The lowest BCUT2D eigenvalue weighted by Crippen LogP contribution is -2.52. The van der Waals surface area contributed by atoms with E-state index in [1.165, 1.54) is 19.4 Å². The molecular formula is C17H19N3O6. The highest BCUT2D eigenvalue weighted by Crippen LogP contribution is 2.16. The van der Waals surface area contributed by atoms with Crippen LogP contribution in [0.2, 0.25) is 0 Å². The Hall–Kier alpha value is -3.36. The van der Waals surface area contributed by atoms with Crippen LogP contribution in [-0.4, -0.2) is 37.0 Å². The number of primary amides is 1. The smallest absolute Gasteiger partial charge is 0.404 e. The van der Waals surface area contributed by atoms with Crippen molar-refractivity contribution in [3.8, 4) is 0 Å². The van der Waals surface area contributed by atoms with Crippen LogP contribution in [0.25, 0.3) is 6.08 Å². The van der Waals surface area contributed by atoms with Crippen LogP contribution in [0, 0.1) is 0 Å². The minimum Gasteiger partial charge on any atom is -0.504 e. The molecule has 9 nitrogen and oxygen atoms in total. The minimum absolute atomic E-state index is 0.0949. The van der Waals surface area contributed by atoms with E-state index in [2.05, 4.69) is 10.6 Å². The van der Waals surface area contributed by atoms with Gasteiger partial charge in [0.05, 0.1) is 13.4 Å². The molecule has 2 rings (SSSR count). The van der Waals surface area contributed by atoms with Gasteiger partial charge in [0.15, 0.2) is 0 Å². The third-order valence-electron chi connectivity index (χ3n) is 3.67. The number of piperidine rings is 1. The Kier molecular flexibility index (Phi) is 6.31. The van der Waals surface area contributed by atoms with Crippen LogP contribution in [0.5, 0.6) is 0 Å². The fourth-order valence-electron chi connectivity index (χ4n) is 2.40. The average molecular weight is 361 g/mol. The molecule has 138 valence electrons. The number of benzene rings is 1. The maximum atomic E-state index is 12.6. The van der Waals surface area contributed by atoms with E-state index in [4.69, 9.17) is 15.2 Å². The zero-order chi connectivity index (χ0) is 19.1. The van der Waals surface area contributed by atoms with Gasteiger partial charge in [-0.2, -0.15) is 0 Å². The lowest BCUT2D eigenvalue weighted by Gasteiger charge is -2.22. The number of hydrogen-bond acceptors (Lipinski definition) is 6. The van der Waals surface area contributed by atoms with E-state index in [0.717, 1.165) is 0 Å². The van der Waals surface area contributed by atoms with E-state index in [0.29, 0.717) is 11.1 Å². The summed E-state index contributed by atoms with van der Waals surface area (Å²) in [6, 6.07) is 4.04. The molecule has 1 fully saturated rings. The van der Waals surface area contributed by atoms with Gasteiger partial charge in [-0.1, -0.05) is 12.1 Å². The molecule has 1 aliphatic heterocycles. The van der Waals surface area contributed by atoms with Crippen molar-refractivity contribution in [1.82, 2.24) is 10.6 Å². The van der Waals surface area contributed by atoms with Crippen molar-refractivity contribution in [2.75, 3.05) is 7.11 Å². The zero-order valence-electron chi connectivity index (χ0n) is 14.1. The highest BCUT2D eigenvalue weighted by molar-refractivity contribution is 6.04. The molecule has 1 aliphatic rings. The molecule has 26 heavy (non-hydrogen) atoms. The summed E-state index contributed by atoms with van der Waals surface area (Å²) in [6.45, 7) is -0.0949. The van der Waals surface area contributed by atoms with E-state index >= 15 is 0 Å². The summed E-state index contributed by atoms with van der Waals surface area (Å²) in [4.78, 5) is 46.4. The Labute approximate surface area is 149 Å². The van der Waals surface area contributed by atoms with Gasteiger partial charge in [0.25, 0.3) is 5.91 Å². The number of nitrogens with two attached hydrogens (primary N) is 1. The van der Waals surface area contributed by atoms with Gasteiger partial charge >= 0.3 is 6.09 Å². The number of nitrogens with one attached hydrogen (secondary N) is 2. The molecule has 0 saturated carbocycles. The third-order valence-corrected chi connectivity index (χ3v) is 3.67. The van der Waals surface area contributed by atoms with Crippen LogP contribution in [-0.2, 0) is 25.7 Å². The summed E-state index contributed by atoms with van der Waals surface area (Å²) in [5.74, 6) is -1.41. The minimum atomic E-state index is -0.928. The molecule has 1 saturated heterocycles. The van der Waals surface area contributed by atoms with Crippen LogP contribution < -0.4 is 16.4 Å². The SMILES string of the molecule is COC=Cc1ccc(COC(N)=O)cc1C(=O)NC1CCC(=O)NC1=O. The van der Waals surface area contributed by atoms with Gasteiger partial charge in [0.2, 0.25) is 11.8 Å². The molecule has 0 aromatic heterocycles. The van der Waals surface area contributed by atoms with E-state index in [-0.39, 0.29) is 30.9 Å². The van der Waals surface area contributed by atoms with Crippen molar-refractivity contribution in [1.29, 1.82) is 0 Å². The van der Waals surface area contributed by atoms with Crippen LogP contribution in [0.15, 0.2) is 24.5 Å². The van der Waals surface area contributed by atoms with Crippen LogP contribution in [0.4, 0.5) is 4.79 Å². The monoisotopic (exact) mass is 361 g/mol. The Morgan fingerprint density at radius 1 is 1.38 bits per heavy atom. The summed E-state index contributed by atoms with van der Waals surface area (Å²) in [7, 11) is 1.47. The average Bonchev–Trinajstić information content (AvgIpc) is 2.60. The van der Waals surface area contributed by atoms with Gasteiger partial charge in [-0.3, -0.25) is 19.7 Å². The Bertz CT molecular complexity index is 759. The molecule has 0 spiro atoms. The summed E-state index contributed by atoms with van der Waals surface area (Å²) >= 11 is 0. The first-order chi connectivity index (χ1) is 12.4. The van der Waals surface area contributed by atoms with E-state index < -0.39 is 23.9 Å². The van der Waals surface area contributed by atoms with E-state index in [9.17, 15) is 19.2 Å². The summed E-state index contributed by atoms with van der Waals surface area (Å²) in [5, 5.41) is 4.79. The molecule has 4 amide bonds. The summed E-state index contributed by atoms with van der Waals surface area (Å²) in [5.41, 5.74) is 6.29. The third kappa shape index (κ3) is 5.07. The zero-order valence-corrected chi connectivity index (χ0v) is 14.1.